The molecule has 2 aromatic rings. The maximum Gasteiger partial charge on any atom is 0.244 e. The van der Waals surface area contributed by atoms with Gasteiger partial charge in [-0.25, -0.2) is 13.4 Å². The molecule has 0 radical (unpaired) electrons. The number of hydrogen-bond donors (Lipinski definition) is 1. The molecule has 1 N–H and O–H groups in total. The molecule has 0 bridgehead atoms. The van der Waals surface area contributed by atoms with E-state index in [4.69, 9.17) is 4.74 Å². The molecule has 156 valence electrons. The number of nitrogens with zero attached hydrogens (tertiary/aromatic N) is 2. The summed E-state index contributed by atoms with van der Waals surface area (Å²) in [6, 6.07) is 13.8. The molecule has 0 spiro atoms. The summed E-state index contributed by atoms with van der Waals surface area (Å²) in [4.78, 5) is 4.56. The van der Waals surface area contributed by atoms with Crippen LogP contribution < -0.4 is 5.32 Å². The highest BCUT2D eigenvalue weighted by molar-refractivity contribution is 7.89. The fourth-order valence-corrected chi connectivity index (χ4v) is 5.53. The van der Waals surface area contributed by atoms with Crippen LogP contribution in [0.25, 0.3) is 0 Å². The minimum absolute atomic E-state index is 0.220. The van der Waals surface area contributed by atoms with E-state index in [1.165, 1.54) is 11.8 Å². The number of ether oxygens (including phenoxy) is 1. The second-order valence-corrected chi connectivity index (χ2v) is 9.87. The van der Waals surface area contributed by atoms with Gasteiger partial charge in [-0.15, -0.1) is 0 Å². The minimum atomic E-state index is -3.49. The number of sulfonamides is 1. The van der Waals surface area contributed by atoms with E-state index in [-0.39, 0.29) is 11.0 Å². The lowest BCUT2D eigenvalue weighted by atomic mass is 9.91. The summed E-state index contributed by atoms with van der Waals surface area (Å²) < 4.78 is 33.1. The minimum Gasteiger partial charge on any atom is -0.376 e. The van der Waals surface area contributed by atoms with Crippen molar-refractivity contribution in [1.82, 2.24) is 9.29 Å². The van der Waals surface area contributed by atoms with E-state index >= 15 is 0 Å². The molecule has 3 heterocycles. The van der Waals surface area contributed by atoms with Crippen molar-refractivity contribution in [1.29, 1.82) is 0 Å². The van der Waals surface area contributed by atoms with Crippen molar-refractivity contribution >= 4 is 15.8 Å². The van der Waals surface area contributed by atoms with Gasteiger partial charge in [-0.2, -0.15) is 4.31 Å². The van der Waals surface area contributed by atoms with E-state index in [0.29, 0.717) is 31.4 Å². The summed E-state index contributed by atoms with van der Waals surface area (Å²) >= 11 is 0. The van der Waals surface area contributed by atoms with E-state index in [1.807, 2.05) is 6.07 Å². The van der Waals surface area contributed by atoms with Gasteiger partial charge < -0.3 is 10.1 Å². The van der Waals surface area contributed by atoms with Crippen LogP contribution in [0.15, 0.2) is 53.6 Å². The largest absolute Gasteiger partial charge is 0.376 e. The van der Waals surface area contributed by atoms with Crippen LogP contribution >= 0.6 is 0 Å². The third kappa shape index (κ3) is 5.15. The second kappa shape index (κ2) is 9.24. The molecule has 2 saturated heterocycles. The number of piperidine rings is 1. The number of rotatable bonds is 7. The summed E-state index contributed by atoms with van der Waals surface area (Å²) in [7, 11) is -3.49. The van der Waals surface area contributed by atoms with Crippen molar-refractivity contribution in [3.05, 3.63) is 54.2 Å². The number of anilines is 1. The third-order valence-corrected chi connectivity index (χ3v) is 7.73. The van der Waals surface area contributed by atoms with Gasteiger partial charge in [-0.1, -0.05) is 30.3 Å². The molecular formula is C22H29N3O3S. The third-order valence-electron chi connectivity index (χ3n) is 5.85. The standard InChI is InChI=1S/C22H29N3O3S/c26-29(27,21-8-9-22(24-17-21)23-16-20-7-4-14-28-20)25-12-10-19(11-13-25)15-18-5-2-1-3-6-18/h1-3,5-6,8-9,17,19-20H,4,7,10-16H2,(H,23,24). The van der Waals surface area contributed by atoms with Crippen molar-refractivity contribution in [2.75, 3.05) is 31.6 Å². The number of benzene rings is 1. The van der Waals surface area contributed by atoms with Crippen molar-refractivity contribution < 1.29 is 13.2 Å². The SMILES string of the molecule is O=S(=O)(c1ccc(NCC2CCCO2)nc1)N1CCC(Cc2ccccc2)CC1. The van der Waals surface area contributed by atoms with Gasteiger partial charge in [0.05, 0.1) is 6.10 Å². The highest BCUT2D eigenvalue weighted by Crippen LogP contribution is 2.26. The van der Waals surface area contributed by atoms with E-state index in [1.54, 1.807) is 16.4 Å². The monoisotopic (exact) mass is 415 g/mol. The molecular weight excluding hydrogens is 386 g/mol. The maximum atomic E-state index is 13.0. The fraction of sp³-hybridized carbons (Fsp3) is 0.500. The first-order valence-corrected chi connectivity index (χ1v) is 11.9. The Morgan fingerprint density at radius 3 is 2.52 bits per heavy atom. The molecule has 2 fully saturated rings. The molecule has 1 aromatic carbocycles. The predicted octanol–water partition coefficient (Wildman–Crippen LogP) is 3.32. The maximum absolute atomic E-state index is 13.0. The average molecular weight is 416 g/mol. The number of nitrogens with one attached hydrogen (secondary N) is 1. The number of pyridine rings is 1. The van der Waals surface area contributed by atoms with Crippen molar-refractivity contribution in [2.45, 2.75) is 43.1 Å². The lowest BCUT2D eigenvalue weighted by molar-refractivity contribution is 0.120. The average Bonchev–Trinajstić information content (AvgIpc) is 3.27. The highest BCUT2D eigenvalue weighted by atomic mass is 32.2. The van der Waals surface area contributed by atoms with Gasteiger partial charge in [0.2, 0.25) is 10.0 Å². The fourth-order valence-electron chi connectivity index (χ4n) is 4.11. The topological polar surface area (TPSA) is 71.5 Å². The van der Waals surface area contributed by atoms with Gasteiger partial charge in [-0.3, -0.25) is 0 Å². The van der Waals surface area contributed by atoms with Crippen LogP contribution in [0.2, 0.25) is 0 Å². The molecule has 7 heteroatoms. The molecule has 2 aliphatic heterocycles. The Labute approximate surface area is 173 Å². The van der Waals surface area contributed by atoms with Gasteiger partial charge in [0, 0.05) is 32.4 Å². The summed E-state index contributed by atoms with van der Waals surface area (Å²) in [5.74, 6) is 1.22. The zero-order valence-electron chi connectivity index (χ0n) is 16.7. The molecule has 6 nitrogen and oxygen atoms in total. The van der Waals surface area contributed by atoms with Gasteiger partial charge in [0.1, 0.15) is 10.7 Å². The Kier molecular flexibility index (Phi) is 6.47. The zero-order valence-corrected chi connectivity index (χ0v) is 17.5. The molecule has 0 amide bonds. The Morgan fingerprint density at radius 1 is 1.07 bits per heavy atom. The number of hydrogen-bond acceptors (Lipinski definition) is 5. The molecule has 4 rings (SSSR count). The highest BCUT2D eigenvalue weighted by Gasteiger charge is 2.29. The molecule has 29 heavy (non-hydrogen) atoms. The van der Waals surface area contributed by atoms with E-state index in [2.05, 4.69) is 34.6 Å². The zero-order chi connectivity index (χ0) is 20.1. The van der Waals surface area contributed by atoms with Gasteiger partial charge >= 0.3 is 0 Å². The van der Waals surface area contributed by atoms with Crippen LogP contribution in [-0.2, 0) is 21.2 Å². The van der Waals surface area contributed by atoms with E-state index in [0.717, 1.165) is 38.7 Å². The lowest BCUT2D eigenvalue weighted by Gasteiger charge is -2.31. The summed E-state index contributed by atoms with van der Waals surface area (Å²) in [5.41, 5.74) is 1.32. The molecule has 1 aromatic heterocycles. The summed E-state index contributed by atoms with van der Waals surface area (Å²) in [6.07, 6.45) is 6.63. The molecule has 0 saturated carbocycles. The van der Waals surface area contributed by atoms with Crippen molar-refractivity contribution in [3.8, 4) is 0 Å². The Bertz CT molecular complexity index is 873. The Morgan fingerprint density at radius 2 is 1.86 bits per heavy atom. The normalized spacial score (nSPS) is 21.3. The first-order chi connectivity index (χ1) is 14.1. The van der Waals surface area contributed by atoms with Gasteiger partial charge in [0.15, 0.2) is 0 Å². The smallest absolute Gasteiger partial charge is 0.244 e. The Hall–Kier alpha value is -1.96. The predicted molar refractivity (Wildman–Crippen MR) is 113 cm³/mol. The van der Waals surface area contributed by atoms with Gasteiger partial charge in [0.25, 0.3) is 0 Å². The molecule has 0 aliphatic carbocycles. The second-order valence-electron chi connectivity index (χ2n) is 7.93. The molecule has 1 unspecified atom stereocenters. The van der Waals surface area contributed by atoms with Crippen LogP contribution in [0.5, 0.6) is 0 Å². The summed E-state index contributed by atoms with van der Waals surface area (Å²) in [5, 5.41) is 3.23. The molecule has 1 atom stereocenters. The quantitative estimate of drug-likeness (QED) is 0.751. The van der Waals surface area contributed by atoms with Crippen molar-refractivity contribution in [2.24, 2.45) is 5.92 Å². The number of aromatic nitrogens is 1. The summed E-state index contributed by atoms with van der Waals surface area (Å²) in [6.45, 7) is 2.66. The van der Waals surface area contributed by atoms with E-state index < -0.39 is 10.0 Å². The first kappa shape index (κ1) is 20.3. The van der Waals surface area contributed by atoms with E-state index in [9.17, 15) is 8.42 Å². The first-order valence-electron chi connectivity index (χ1n) is 10.5. The van der Waals surface area contributed by atoms with Crippen LogP contribution in [-0.4, -0.2) is 50.1 Å². The van der Waals surface area contributed by atoms with Crippen LogP contribution in [0, 0.1) is 5.92 Å². The van der Waals surface area contributed by atoms with Crippen LogP contribution in [0.1, 0.15) is 31.2 Å². The molecule has 2 aliphatic rings. The van der Waals surface area contributed by atoms with Crippen LogP contribution in [0.3, 0.4) is 0 Å². The lowest BCUT2D eigenvalue weighted by Crippen LogP contribution is -2.38. The van der Waals surface area contributed by atoms with Crippen LogP contribution in [0.4, 0.5) is 5.82 Å². The Balaban J connectivity index is 1.31. The van der Waals surface area contributed by atoms with Gasteiger partial charge in [-0.05, 0) is 55.7 Å². The van der Waals surface area contributed by atoms with Crippen molar-refractivity contribution in [3.63, 3.8) is 0 Å².